The number of nitrogens with one attached hydrogen (secondary N) is 1. The summed E-state index contributed by atoms with van der Waals surface area (Å²) in [7, 11) is 0. The van der Waals surface area contributed by atoms with Crippen LogP contribution in [0, 0.1) is 0 Å². The molecule has 5 heteroatoms. The summed E-state index contributed by atoms with van der Waals surface area (Å²) in [5, 5.41) is 3.02. The molecular formula is C23H24N2O3. The van der Waals surface area contributed by atoms with Crippen LogP contribution in [0.2, 0.25) is 0 Å². The van der Waals surface area contributed by atoms with Gasteiger partial charge in [-0.1, -0.05) is 24.3 Å². The van der Waals surface area contributed by atoms with E-state index >= 15 is 0 Å². The third-order valence-corrected chi connectivity index (χ3v) is 4.26. The average molecular weight is 376 g/mol. The lowest BCUT2D eigenvalue weighted by Gasteiger charge is -2.15. The molecule has 2 aromatic carbocycles. The predicted octanol–water partition coefficient (Wildman–Crippen LogP) is 4.55. The van der Waals surface area contributed by atoms with Crippen molar-refractivity contribution in [1.29, 1.82) is 0 Å². The molecule has 1 unspecified atom stereocenters. The minimum absolute atomic E-state index is 0.129. The number of pyridine rings is 1. The molecule has 3 aromatic rings. The zero-order valence-corrected chi connectivity index (χ0v) is 16.1. The molecule has 0 fully saturated rings. The van der Waals surface area contributed by atoms with Crippen molar-refractivity contribution >= 4 is 5.91 Å². The summed E-state index contributed by atoms with van der Waals surface area (Å²) in [6.07, 6.45) is 3.52. The first-order valence-electron chi connectivity index (χ1n) is 9.31. The molecule has 0 aliphatic heterocycles. The summed E-state index contributed by atoms with van der Waals surface area (Å²) in [5.74, 6) is 1.33. The second kappa shape index (κ2) is 9.55. The maximum atomic E-state index is 12.5. The fraction of sp³-hybridized carbons (Fsp3) is 0.217. The van der Waals surface area contributed by atoms with Gasteiger partial charge in [0.1, 0.15) is 18.1 Å². The Morgan fingerprint density at radius 1 is 1.04 bits per heavy atom. The molecule has 1 aromatic heterocycles. The fourth-order valence-corrected chi connectivity index (χ4v) is 2.76. The lowest BCUT2D eigenvalue weighted by Crippen LogP contribution is -2.26. The van der Waals surface area contributed by atoms with Crippen LogP contribution >= 0.6 is 0 Å². The molecule has 1 N–H and O–H groups in total. The summed E-state index contributed by atoms with van der Waals surface area (Å²) in [4.78, 5) is 16.6. The highest BCUT2D eigenvalue weighted by molar-refractivity contribution is 5.94. The van der Waals surface area contributed by atoms with Crippen molar-refractivity contribution in [2.45, 2.75) is 26.5 Å². The monoisotopic (exact) mass is 376 g/mol. The standard InChI is InChI=1S/C23H24N2O3/c1-3-27-22-8-4-7-20(14-22)23(26)25-17(2)19-9-11-21(12-10-19)28-16-18-6-5-13-24-15-18/h4-15,17H,3,16H2,1-2H3,(H,25,26). The van der Waals surface area contributed by atoms with E-state index in [4.69, 9.17) is 9.47 Å². The number of ether oxygens (including phenoxy) is 2. The van der Waals surface area contributed by atoms with Crippen molar-refractivity contribution < 1.29 is 14.3 Å². The predicted molar refractivity (Wildman–Crippen MR) is 109 cm³/mol. The number of benzene rings is 2. The molecule has 0 radical (unpaired) electrons. The number of aromatic nitrogens is 1. The largest absolute Gasteiger partial charge is 0.494 e. The van der Waals surface area contributed by atoms with Crippen LogP contribution in [0.25, 0.3) is 0 Å². The number of nitrogens with zero attached hydrogens (tertiary/aromatic N) is 1. The molecule has 0 aliphatic carbocycles. The molecule has 0 aliphatic rings. The van der Waals surface area contributed by atoms with Gasteiger partial charge in [0.25, 0.3) is 5.91 Å². The quantitative estimate of drug-likeness (QED) is 0.626. The van der Waals surface area contributed by atoms with Crippen molar-refractivity contribution in [3.05, 3.63) is 89.7 Å². The van der Waals surface area contributed by atoms with Crippen LogP contribution in [0.15, 0.2) is 73.1 Å². The van der Waals surface area contributed by atoms with Gasteiger partial charge >= 0.3 is 0 Å². The molecule has 0 saturated heterocycles. The van der Waals surface area contributed by atoms with Gasteiger partial charge in [-0.15, -0.1) is 0 Å². The number of carbonyl (C=O) groups excluding carboxylic acids is 1. The van der Waals surface area contributed by atoms with E-state index in [1.165, 1.54) is 0 Å². The maximum Gasteiger partial charge on any atom is 0.251 e. The van der Waals surface area contributed by atoms with Crippen LogP contribution in [0.3, 0.4) is 0 Å². The van der Waals surface area contributed by atoms with E-state index in [0.717, 1.165) is 16.9 Å². The van der Waals surface area contributed by atoms with Crippen molar-refractivity contribution in [3.8, 4) is 11.5 Å². The summed E-state index contributed by atoms with van der Waals surface area (Å²) in [5.41, 5.74) is 2.60. The highest BCUT2D eigenvalue weighted by atomic mass is 16.5. The number of amides is 1. The van der Waals surface area contributed by atoms with Gasteiger partial charge in [0, 0.05) is 23.5 Å². The van der Waals surface area contributed by atoms with Gasteiger partial charge in [0.2, 0.25) is 0 Å². The SMILES string of the molecule is CCOc1cccc(C(=O)NC(C)c2ccc(OCc3cccnc3)cc2)c1. The van der Waals surface area contributed by atoms with E-state index in [9.17, 15) is 4.79 Å². The third kappa shape index (κ3) is 5.33. The van der Waals surface area contributed by atoms with Gasteiger partial charge in [-0.05, 0) is 55.8 Å². The van der Waals surface area contributed by atoms with Crippen LogP contribution in [-0.4, -0.2) is 17.5 Å². The second-order valence-corrected chi connectivity index (χ2v) is 6.37. The lowest BCUT2D eigenvalue weighted by atomic mass is 10.1. The van der Waals surface area contributed by atoms with Crippen LogP contribution in [0.5, 0.6) is 11.5 Å². The van der Waals surface area contributed by atoms with Crippen LogP contribution in [0.4, 0.5) is 0 Å². The molecular weight excluding hydrogens is 352 g/mol. The Labute approximate surface area is 165 Å². The summed E-state index contributed by atoms with van der Waals surface area (Å²) < 4.78 is 11.2. The zero-order valence-electron chi connectivity index (χ0n) is 16.1. The van der Waals surface area contributed by atoms with Crippen molar-refractivity contribution in [2.75, 3.05) is 6.61 Å². The Balaban J connectivity index is 1.57. The molecule has 3 rings (SSSR count). The first-order chi connectivity index (χ1) is 13.7. The fourth-order valence-electron chi connectivity index (χ4n) is 2.76. The Kier molecular flexibility index (Phi) is 6.63. The van der Waals surface area contributed by atoms with E-state index in [1.54, 1.807) is 24.5 Å². The van der Waals surface area contributed by atoms with E-state index in [1.807, 2.05) is 62.4 Å². The van der Waals surface area contributed by atoms with Crippen LogP contribution in [0.1, 0.15) is 41.4 Å². The number of rotatable bonds is 8. The first kappa shape index (κ1) is 19.4. The minimum Gasteiger partial charge on any atom is -0.494 e. The molecule has 0 spiro atoms. The molecule has 1 amide bonds. The Morgan fingerprint density at radius 2 is 1.86 bits per heavy atom. The Hall–Kier alpha value is -3.34. The van der Waals surface area contributed by atoms with Gasteiger partial charge in [0.05, 0.1) is 12.6 Å². The Bertz CT molecular complexity index is 895. The van der Waals surface area contributed by atoms with Crippen molar-refractivity contribution in [1.82, 2.24) is 10.3 Å². The number of hydrogen-bond donors (Lipinski definition) is 1. The molecule has 1 heterocycles. The minimum atomic E-state index is -0.133. The average Bonchev–Trinajstić information content (AvgIpc) is 2.74. The second-order valence-electron chi connectivity index (χ2n) is 6.37. The van der Waals surface area contributed by atoms with Crippen molar-refractivity contribution in [3.63, 3.8) is 0 Å². The van der Waals surface area contributed by atoms with E-state index in [0.29, 0.717) is 24.5 Å². The van der Waals surface area contributed by atoms with E-state index < -0.39 is 0 Å². The zero-order chi connectivity index (χ0) is 19.8. The van der Waals surface area contributed by atoms with E-state index in [2.05, 4.69) is 10.3 Å². The van der Waals surface area contributed by atoms with Gasteiger partial charge in [-0.2, -0.15) is 0 Å². The lowest BCUT2D eigenvalue weighted by molar-refractivity contribution is 0.0939. The maximum absolute atomic E-state index is 12.5. The summed E-state index contributed by atoms with van der Waals surface area (Å²) in [6.45, 7) is 4.90. The summed E-state index contributed by atoms with van der Waals surface area (Å²) in [6, 6.07) is 18.6. The smallest absolute Gasteiger partial charge is 0.251 e. The summed E-state index contributed by atoms with van der Waals surface area (Å²) >= 11 is 0. The topological polar surface area (TPSA) is 60.5 Å². The first-order valence-corrected chi connectivity index (χ1v) is 9.31. The van der Waals surface area contributed by atoms with Crippen LogP contribution in [-0.2, 0) is 6.61 Å². The number of carbonyl (C=O) groups is 1. The van der Waals surface area contributed by atoms with Gasteiger partial charge in [-0.3, -0.25) is 9.78 Å². The van der Waals surface area contributed by atoms with Crippen LogP contribution < -0.4 is 14.8 Å². The van der Waals surface area contributed by atoms with Gasteiger partial charge in [-0.25, -0.2) is 0 Å². The molecule has 28 heavy (non-hydrogen) atoms. The van der Waals surface area contributed by atoms with Gasteiger partial charge < -0.3 is 14.8 Å². The molecule has 0 bridgehead atoms. The van der Waals surface area contributed by atoms with E-state index in [-0.39, 0.29) is 11.9 Å². The normalized spacial score (nSPS) is 11.5. The number of hydrogen-bond acceptors (Lipinski definition) is 4. The molecule has 144 valence electrons. The molecule has 0 saturated carbocycles. The highest BCUT2D eigenvalue weighted by Gasteiger charge is 2.12. The van der Waals surface area contributed by atoms with Gasteiger partial charge in [0.15, 0.2) is 0 Å². The molecule has 5 nitrogen and oxygen atoms in total. The molecule has 1 atom stereocenters. The highest BCUT2D eigenvalue weighted by Crippen LogP contribution is 2.20. The third-order valence-electron chi connectivity index (χ3n) is 4.26. The van der Waals surface area contributed by atoms with Crippen molar-refractivity contribution in [2.24, 2.45) is 0 Å². The Morgan fingerprint density at radius 3 is 2.57 bits per heavy atom.